The second-order valence-corrected chi connectivity index (χ2v) is 10.1. The Morgan fingerprint density at radius 1 is 0.409 bits per heavy atom. The molecule has 4 heteroatoms. The maximum Gasteiger partial charge on any atom is 0.161 e. The molecular formula is C40H32O4. The van der Waals surface area contributed by atoms with Crippen molar-refractivity contribution in [1.29, 1.82) is 0 Å². The highest BCUT2D eigenvalue weighted by atomic mass is 16.5. The van der Waals surface area contributed by atoms with E-state index in [1.807, 2.05) is 158 Å². The van der Waals surface area contributed by atoms with Crippen LogP contribution in [0, 0.1) is 0 Å². The molecule has 4 aromatic rings. The van der Waals surface area contributed by atoms with Crippen LogP contribution in [0.25, 0.3) is 23.0 Å². The van der Waals surface area contributed by atoms with Crippen LogP contribution in [0.3, 0.4) is 0 Å². The number of ether oxygens (including phenoxy) is 4. The van der Waals surface area contributed by atoms with E-state index in [4.69, 9.17) is 18.9 Å². The van der Waals surface area contributed by atoms with Crippen LogP contribution in [0.2, 0.25) is 0 Å². The molecule has 44 heavy (non-hydrogen) atoms. The minimum absolute atomic E-state index is 0.569. The Morgan fingerprint density at radius 2 is 0.659 bits per heavy atom. The number of hydrogen-bond donors (Lipinski definition) is 0. The lowest BCUT2D eigenvalue weighted by Gasteiger charge is -2.20. The van der Waals surface area contributed by atoms with Crippen molar-refractivity contribution >= 4 is 23.0 Å². The van der Waals surface area contributed by atoms with Gasteiger partial charge in [-0.15, -0.1) is 0 Å². The smallest absolute Gasteiger partial charge is 0.161 e. The molecule has 0 fully saturated rings. The van der Waals surface area contributed by atoms with E-state index in [9.17, 15) is 0 Å². The lowest BCUT2D eigenvalue weighted by Crippen LogP contribution is -2.02. The molecule has 4 nitrogen and oxygen atoms in total. The zero-order valence-corrected chi connectivity index (χ0v) is 24.6. The van der Waals surface area contributed by atoms with E-state index >= 15 is 0 Å². The van der Waals surface area contributed by atoms with Gasteiger partial charge in [0.25, 0.3) is 0 Å². The minimum atomic E-state index is 0.569. The lowest BCUT2D eigenvalue weighted by molar-refractivity contribution is 0.241. The first-order valence-corrected chi connectivity index (χ1v) is 14.4. The molecule has 0 radical (unpaired) electrons. The minimum Gasteiger partial charge on any atom is -0.493 e. The van der Waals surface area contributed by atoms with Gasteiger partial charge in [0.1, 0.15) is 23.0 Å². The maximum atomic E-state index is 6.37. The van der Waals surface area contributed by atoms with E-state index in [1.54, 1.807) is 14.2 Å². The molecule has 2 aliphatic rings. The summed E-state index contributed by atoms with van der Waals surface area (Å²) in [6.45, 7) is 0. The number of allylic oxidation sites excluding steroid dienone is 8. The number of benzene rings is 4. The fourth-order valence-electron chi connectivity index (χ4n) is 4.95. The van der Waals surface area contributed by atoms with Gasteiger partial charge in [0, 0.05) is 22.3 Å². The Hall–Kier alpha value is -5.74. The predicted molar refractivity (Wildman–Crippen MR) is 177 cm³/mol. The van der Waals surface area contributed by atoms with Crippen molar-refractivity contribution in [2.75, 3.05) is 14.2 Å². The average molecular weight is 577 g/mol. The molecule has 216 valence electrons. The van der Waals surface area contributed by atoms with Gasteiger partial charge in [-0.3, -0.25) is 0 Å². The van der Waals surface area contributed by atoms with Crippen molar-refractivity contribution in [1.82, 2.24) is 0 Å². The first-order valence-electron chi connectivity index (χ1n) is 14.4. The highest BCUT2D eigenvalue weighted by molar-refractivity contribution is 5.79. The topological polar surface area (TPSA) is 36.9 Å². The Morgan fingerprint density at radius 3 is 0.886 bits per heavy atom. The molecule has 0 unspecified atom stereocenters. The first kappa shape index (κ1) is 28.4. The van der Waals surface area contributed by atoms with Gasteiger partial charge in [0.15, 0.2) is 11.5 Å². The average Bonchev–Trinajstić information content (AvgIpc) is 3.11. The molecule has 0 amide bonds. The second kappa shape index (κ2) is 13.5. The summed E-state index contributed by atoms with van der Waals surface area (Å²) in [6.07, 6.45) is 12.0. The van der Waals surface area contributed by atoms with Crippen molar-refractivity contribution in [3.63, 3.8) is 0 Å². The normalized spacial score (nSPS) is 14.9. The lowest BCUT2D eigenvalue weighted by atomic mass is 10.0. The van der Waals surface area contributed by atoms with Crippen LogP contribution in [0.15, 0.2) is 180 Å². The Balaban J connectivity index is 1.45. The van der Waals surface area contributed by atoms with Gasteiger partial charge in [-0.25, -0.2) is 0 Å². The highest BCUT2D eigenvalue weighted by Crippen LogP contribution is 2.35. The van der Waals surface area contributed by atoms with Crippen LogP contribution in [0.4, 0.5) is 0 Å². The summed E-state index contributed by atoms with van der Waals surface area (Å²) in [5.74, 6) is 4.14. The summed E-state index contributed by atoms with van der Waals surface area (Å²) in [5, 5.41) is 0. The standard InChI is InChI=1S/C40H32O4/c1-41-39(27-29-23-35(31-15-7-3-8-16-31)43-36(24-29)32-17-9-4-10-18-32)40(42-2)28-30-25-37(33-19-11-5-12-20-33)44-38(26-30)34-21-13-6-14-22-34/h3-28H,1-2H3/b40-39+. The maximum absolute atomic E-state index is 6.37. The first-order chi connectivity index (χ1) is 21.7. The van der Waals surface area contributed by atoms with Crippen LogP contribution >= 0.6 is 0 Å². The van der Waals surface area contributed by atoms with Gasteiger partial charge in [-0.2, -0.15) is 0 Å². The SMILES string of the molecule is CO/C(C=C1C=C(c2ccccc2)OC(c2ccccc2)=C1)=C(\C=C1C=C(c2ccccc2)OC(c2ccccc2)=C1)OC. The van der Waals surface area contributed by atoms with Crippen molar-refractivity contribution in [3.8, 4) is 0 Å². The van der Waals surface area contributed by atoms with Crippen LogP contribution in [-0.4, -0.2) is 14.2 Å². The van der Waals surface area contributed by atoms with E-state index in [-0.39, 0.29) is 0 Å². The van der Waals surface area contributed by atoms with Gasteiger partial charge < -0.3 is 18.9 Å². The van der Waals surface area contributed by atoms with Gasteiger partial charge in [0.05, 0.1) is 14.2 Å². The van der Waals surface area contributed by atoms with E-state index in [0.29, 0.717) is 11.5 Å². The largest absolute Gasteiger partial charge is 0.493 e. The van der Waals surface area contributed by atoms with E-state index in [1.165, 1.54) is 0 Å². The molecule has 0 saturated carbocycles. The Bertz CT molecular complexity index is 1570. The van der Waals surface area contributed by atoms with Gasteiger partial charge in [0.2, 0.25) is 0 Å². The number of hydrogen-bond acceptors (Lipinski definition) is 4. The van der Waals surface area contributed by atoms with Crippen molar-refractivity contribution in [2.45, 2.75) is 0 Å². The monoisotopic (exact) mass is 576 g/mol. The van der Waals surface area contributed by atoms with Gasteiger partial charge in [-0.05, 0) is 47.6 Å². The zero-order chi connectivity index (χ0) is 30.1. The van der Waals surface area contributed by atoms with Crippen LogP contribution < -0.4 is 0 Å². The molecule has 0 N–H and O–H groups in total. The molecule has 0 bridgehead atoms. The summed E-state index contributed by atoms with van der Waals surface area (Å²) in [6, 6.07) is 40.3. The Labute approximate surface area is 258 Å². The molecule has 0 saturated heterocycles. The number of methoxy groups -OCH3 is 2. The Kier molecular flexibility index (Phi) is 8.70. The summed E-state index contributed by atoms with van der Waals surface area (Å²) in [7, 11) is 3.29. The molecule has 0 atom stereocenters. The summed E-state index contributed by atoms with van der Waals surface area (Å²) >= 11 is 0. The fourth-order valence-corrected chi connectivity index (χ4v) is 4.95. The molecule has 6 rings (SSSR count). The van der Waals surface area contributed by atoms with Crippen molar-refractivity contribution in [3.05, 3.63) is 203 Å². The third-order valence-corrected chi connectivity index (χ3v) is 7.14. The van der Waals surface area contributed by atoms with Crippen LogP contribution in [0.1, 0.15) is 22.3 Å². The zero-order valence-electron chi connectivity index (χ0n) is 24.6. The van der Waals surface area contributed by atoms with Crippen molar-refractivity contribution in [2.24, 2.45) is 0 Å². The third kappa shape index (κ3) is 6.66. The molecule has 0 spiro atoms. The fraction of sp³-hybridized carbons (Fsp3) is 0.0500. The van der Waals surface area contributed by atoms with E-state index in [2.05, 4.69) is 0 Å². The molecular weight excluding hydrogens is 544 g/mol. The third-order valence-electron chi connectivity index (χ3n) is 7.14. The highest BCUT2D eigenvalue weighted by Gasteiger charge is 2.18. The van der Waals surface area contributed by atoms with Crippen LogP contribution in [0.5, 0.6) is 0 Å². The molecule has 2 heterocycles. The summed E-state index contributed by atoms with van der Waals surface area (Å²) in [4.78, 5) is 0. The van der Waals surface area contributed by atoms with E-state index in [0.717, 1.165) is 56.4 Å². The molecule has 0 aliphatic carbocycles. The van der Waals surface area contributed by atoms with E-state index < -0.39 is 0 Å². The van der Waals surface area contributed by atoms with Crippen LogP contribution in [-0.2, 0) is 18.9 Å². The second-order valence-electron chi connectivity index (χ2n) is 10.1. The quantitative estimate of drug-likeness (QED) is 0.196. The summed E-state index contributed by atoms with van der Waals surface area (Å²) < 4.78 is 24.6. The molecule has 0 aromatic heterocycles. The van der Waals surface area contributed by atoms with Gasteiger partial charge in [-0.1, -0.05) is 121 Å². The molecule has 4 aromatic carbocycles. The van der Waals surface area contributed by atoms with Gasteiger partial charge >= 0.3 is 0 Å². The number of rotatable bonds is 8. The van der Waals surface area contributed by atoms with Crippen molar-refractivity contribution < 1.29 is 18.9 Å². The predicted octanol–water partition coefficient (Wildman–Crippen LogP) is 9.57. The summed E-state index contributed by atoms with van der Waals surface area (Å²) in [5.41, 5.74) is 5.75. The molecule has 2 aliphatic heterocycles.